The van der Waals surface area contributed by atoms with Crippen LogP contribution in [0.1, 0.15) is 52.7 Å². The van der Waals surface area contributed by atoms with Crippen LogP contribution in [0.15, 0.2) is 41.3 Å². The van der Waals surface area contributed by atoms with Gasteiger partial charge in [0.15, 0.2) is 0 Å². The van der Waals surface area contributed by atoms with Gasteiger partial charge in [-0.1, -0.05) is 24.3 Å². The minimum atomic E-state index is -4.00. The fraction of sp³-hybridized carbons (Fsp3) is 0.423. The molecule has 4 heterocycles. The first-order chi connectivity index (χ1) is 17.6. The van der Waals surface area contributed by atoms with Crippen molar-refractivity contribution in [3.05, 3.63) is 58.7 Å². The number of imide groups is 1. The van der Waals surface area contributed by atoms with Gasteiger partial charge in [0, 0.05) is 23.0 Å². The molecule has 0 unspecified atom stereocenters. The topological polar surface area (TPSA) is 142 Å². The van der Waals surface area contributed by atoms with Crippen LogP contribution in [0.2, 0.25) is 0 Å². The van der Waals surface area contributed by atoms with Crippen LogP contribution < -0.4 is 15.4 Å². The number of amides is 3. The maximum absolute atomic E-state index is 13.1. The molecule has 0 saturated carbocycles. The predicted molar refractivity (Wildman–Crippen MR) is 133 cm³/mol. The zero-order valence-corrected chi connectivity index (χ0v) is 21.3. The summed E-state index contributed by atoms with van der Waals surface area (Å²) in [7, 11) is -4.00. The van der Waals surface area contributed by atoms with E-state index < -0.39 is 16.2 Å². The number of carbonyl (C=O) groups excluding carboxylic acids is 3. The summed E-state index contributed by atoms with van der Waals surface area (Å²) >= 11 is 0. The Labute approximate surface area is 215 Å². The Balaban J connectivity index is 0.000000237. The minimum absolute atomic E-state index is 0.0332. The number of aryl methyl sites for hydroxylation is 1. The Kier molecular flexibility index (Phi) is 6.55. The molecule has 37 heavy (non-hydrogen) atoms. The number of benzene rings is 2. The lowest BCUT2D eigenvalue weighted by molar-refractivity contribution is -0.136. The molecule has 0 aromatic heterocycles. The van der Waals surface area contributed by atoms with E-state index in [1.165, 1.54) is 17.7 Å². The molecule has 3 N–H and O–H groups in total. The van der Waals surface area contributed by atoms with Crippen LogP contribution in [0.5, 0.6) is 5.75 Å². The van der Waals surface area contributed by atoms with E-state index in [0.717, 1.165) is 42.8 Å². The number of hydrogen-bond donors (Lipinski definition) is 3. The lowest BCUT2D eigenvalue weighted by Crippen LogP contribution is -2.52. The highest BCUT2D eigenvalue weighted by atomic mass is 32.2. The molecular formula is C26H29N3O7S. The summed E-state index contributed by atoms with van der Waals surface area (Å²) in [6.45, 7) is 4.95. The average Bonchev–Trinajstić information content (AvgIpc) is 3.39. The Morgan fingerprint density at radius 2 is 1.81 bits per heavy atom. The third-order valence-corrected chi connectivity index (χ3v) is 8.50. The third-order valence-electron chi connectivity index (χ3n) is 7.63. The van der Waals surface area contributed by atoms with Gasteiger partial charge >= 0.3 is 0 Å². The van der Waals surface area contributed by atoms with Crippen molar-refractivity contribution in [2.75, 3.05) is 19.7 Å². The lowest BCUT2D eigenvalue weighted by Gasteiger charge is -2.32. The highest BCUT2D eigenvalue weighted by Gasteiger charge is 2.47. The van der Waals surface area contributed by atoms with Crippen molar-refractivity contribution >= 4 is 27.8 Å². The van der Waals surface area contributed by atoms with Gasteiger partial charge in [0.2, 0.25) is 11.8 Å². The highest BCUT2D eigenvalue weighted by molar-refractivity contribution is 7.85. The number of carbonyl (C=O) groups is 3. The molecule has 2 fully saturated rings. The lowest BCUT2D eigenvalue weighted by atomic mass is 9.74. The van der Waals surface area contributed by atoms with Crippen molar-refractivity contribution in [3.8, 4) is 5.75 Å². The summed E-state index contributed by atoms with van der Waals surface area (Å²) in [5, 5.41) is 5.77. The number of fused-ring (bicyclic) bond motifs is 4. The fourth-order valence-corrected chi connectivity index (χ4v) is 6.19. The molecule has 0 aliphatic carbocycles. The largest absolute Gasteiger partial charge is 0.492 e. The second-order valence-corrected chi connectivity index (χ2v) is 11.4. The van der Waals surface area contributed by atoms with Crippen LogP contribution in [0.3, 0.4) is 0 Å². The molecule has 4 aliphatic rings. The van der Waals surface area contributed by atoms with Gasteiger partial charge < -0.3 is 15.0 Å². The van der Waals surface area contributed by atoms with E-state index in [1.807, 2.05) is 6.92 Å². The van der Waals surface area contributed by atoms with E-state index in [-0.39, 0.29) is 34.5 Å². The molecule has 0 radical (unpaired) electrons. The summed E-state index contributed by atoms with van der Waals surface area (Å²) in [5.74, 6) is 0.0708. The molecule has 2 aromatic carbocycles. The van der Waals surface area contributed by atoms with Crippen molar-refractivity contribution in [3.63, 3.8) is 0 Å². The van der Waals surface area contributed by atoms with E-state index in [4.69, 9.17) is 9.29 Å². The van der Waals surface area contributed by atoms with Gasteiger partial charge in [-0.15, -0.1) is 0 Å². The maximum Gasteiger partial charge on any atom is 0.294 e. The molecule has 1 spiro atoms. The van der Waals surface area contributed by atoms with E-state index in [2.05, 4.69) is 16.7 Å². The van der Waals surface area contributed by atoms with Crippen LogP contribution >= 0.6 is 0 Å². The maximum atomic E-state index is 13.1. The zero-order chi connectivity index (χ0) is 26.4. The van der Waals surface area contributed by atoms with Gasteiger partial charge in [0.1, 0.15) is 11.8 Å². The Morgan fingerprint density at radius 3 is 2.43 bits per heavy atom. The van der Waals surface area contributed by atoms with E-state index in [1.54, 1.807) is 23.1 Å². The van der Waals surface area contributed by atoms with Crippen molar-refractivity contribution in [1.82, 2.24) is 15.5 Å². The molecule has 2 saturated heterocycles. The minimum Gasteiger partial charge on any atom is -0.492 e. The van der Waals surface area contributed by atoms with Gasteiger partial charge in [-0.2, -0.15) is 8.42 Å². The van der Waals surface area contributed by atoms with Crippen LogP contribution in [0, 0.1) is 6.92 Å². The quantitative estimate of drug-likeness (QED) is 0.396. The summed E-state index contributed by atoms with van der Waals surface area (Å²) in [6, 6.07) is 8.95. The number of hydrogen-bond acceptors (Lipinski definition) is 7. The fourth-order valence-electron chi connectivity index (χ4n) is 5.69. The number of rotatable bonds is 2. The van der Waals surface area contributed by atoms with Crippen molar-refractivity contribution in [2.24, 2.45) is 0 Å². The molecule has 6 rings (SSSR count). The van der Waals surface area contributed by atoms with Gasteiger partial charge in [-0.25, -0.2) is 0 Å². The first kappa shape index (κ1) is 25.4. The summed E-state index contributed by atoms with van der Waals surface area (Å²) < 4.78 is 35.4. The highest BCUT2D eigenvalue weighted by Crippen LogP contribution is 2.49. The molecule has 4 aliphatic heterocycles. The van der Waals surface area contributed by atoms with Crippen LogP contribution in [-0.4, -0.2) is 61.3 Å². The number of ether oxygens (including phenoxy) is 1. The predicted octanol–water partition coefficient (Wildman–Crippen LogP) is 1.70. The van der Waals surface area contributed by atoms with Gasteiger partial charge in [0.05, 0.1) is 23.6 Å². The van der Waals surface area contributed by atoms with E-state index >= 15 is 0 Å². The van der Waals surface area contributed by atoms with Crippen molar-refractivity contribution in [2.45, 2.75) is 55.5 Å². The van der Waals surface area contributed by atoms with Crippen LogP contribution in [0.25, 0.3) is 0 Å². The average molecular weight is 528 g/mol. The number of piperidine rings is 2. The Hall–Kier alpha value is -3.28. The Bertz CT molecular complexity index is 1370. The van der Waals surface area contributed by atoms with Gasteiger partial charge in [-0.3, -0.25) is 24.3 Å². The van der Waals surface area contributed by atoms with Crippen molar-refractivity contribution in [1.29, 1.82) is 0 Å². The zero-order valence-electron chi connectivity index (χ0n) is 20.5. The molecule has 10 nitrogen and oxygen atoms in total. The van der Waals surface area contributed by atoms with E-state index in [9.17, 15) is 22.8 Å². The first-order valence-electron chi connectivity index (χ1n) is 12.3. The molecule has 0 bridgehead atoms. The number of nitrogens with zero attached hydrogens (tertiary/aromatic N) is 1. The van der Waals surface area contributed by atoms with Gasteiger partial charge in [0.25, 0.3) is 16.0 Å². The molecule has 196 valence electrons. The first-order valence-corrected chi connectivity index (χ1v) is 13.7. The molecular weight excluding hydrogens is 498 g/mol. The normalized spacial score (nSPS) is 22.1. The van der Waals surface area contributed by atoms with Crippen LogP contribution in [0.4, 0.5) is 0 Å². The smallest absolute Gasteiger partial charge is 0.294 e. The summed E-state index contributed by atoms with van der Waals surface area (Å²) in [5.41, 5.74) is 3.79. The molecule has 11 heteroatoms. The second-order valence-electron chi connectivity index (χ2n) is 9.93. The standard InChI is InChI=1S/C20H23N3O4.C6H6O3S/c1-11-8-13-17(27-10-20(13)4-6-21-7-5-20)12-9-23(19(26)16(11)12)14-2-3-15(24)22-18(14)25;7-10(8,9)6-4-2-1-3-5-6/h8,14,21H,2-7,9-10H2,1H3,(H,22,24,25);1-5H,(H,7,8,9)/t14-;/m0./s1. The second kappa shape index (κ2) is 9.55. The van der Waals surface area contributed by atoms with Crippen LogP contribution in [-0.2, 0) is 31.7 Å². The van der Waals surface area contributed by atoms with Crippen molar-refractivity contribution < 1.29 is 32.1 Å². The molecule has 3 amide bonds. The third kappa shape index (κ3) is 4.62. The number of nitrogens with one attached hydrogen (secondary N) is 2. The van der Waals surface area contributed by atoms with Gasteiger partial charge in [-0.05, 0) is 57.0 Å². The Morgan fingerprint density at radius 1 is 1.11 bits per heavy atom. The molecule has 2 aromatic rings. The molecule has 1 atom stereocenters. The summed E-state index contributed by atoms with van der Waals surface area (Å²) in [6.07, 6.45) is 2.70. The van der Waals surface area contributed by atoms with E-state index in [0.29, 0.717) is 25.1 Å². The SMILES string of the molecule is Cc1cc2c(c3c1C(=O)N([C@H]1CCC(=O)NC1=O)C3)OCC21CCNCC1.O=S(=O)(O)c1ccccc1. The monoisotopic (exact) mass is 527 g/mol. The summed E-state index contributed by atoms with van der Waals surface area (Å²) in [4.78, 5) is 38.4.